The largest absolute Gasteiger partial charge is 0.480 e. The van der Waals surface area contributed by atoms with E-state index < -0.39 is 23.9 Å². The Hall–Kier alpha value is -1.86. The van der Waals surface area contributed by atoms with Gasteiger partial charge < -0.3 is 10.0 Å². The SMILES string of the molecule is CC(C(=O)O)N(C)c1ccc(C(F)(F)F)nn1. The number of halogens is 3. The fourth-order valence-corrected chi connectivity index (χ4v) is 1.03. The molecular formula is C9H10F3N3O2. The molecule has 1 heterocycles. The van der Waals surface area contributed by atoms with Crippen LogP contribution in [0.3, 0.4) is 0 Å². The third-order valence-corrected chi connectivity index (χ3v) is 2.24. The number of aliphatic carboxylic acids is 1. The lowest BCUT2D eigenvalue weighted by molar-refractivity contribution is -0.142. The summed E-state index contributed by atoms with van der Waals surface area (Å²) in [6.45, 7) is 1.39. The van der Waals surface area contributed by atoms with Crippen LogP contribution in [0.4, 0.5) is 19.0 Å². The second-order valence-corrected chi connectivity index (χ2v) is 3.40. The molecule has 0 aromatic carbocycles. The summed E-state index contributed by atoms with van der Waals surface area (Å²) in [5.74, 6) is -1.04. The summed E-state index contributed by atoms with van der Waals surface area (Å²) in [4.78, 5) is 11.9. The van der Waals surface area contributed by atoms with Crippen molar-refractivity contribution >= 4 is 11.8 Å². The Labute approximate surface area is 94.9 Å². The normalized spacial score (nSPS) is 13.2. The van der Waals surface area contributed by atoms with Crippen LogP contribution >= 0.6 is 0 Å². The molecule has 0 bridgehead atoms. The number of alkyl halides is 3. The van der Waals surface area contributed by atoms with E-state index in [4.69, 9.17) is 5.11 Å². The van der Waals surface area contributed by atoms with Crippen LogP contribution in [0.5, 0.6) is 0 Å². The van der Waals surface area contributed by atoms with Crippen LogP contribution in [-0.2, 0) is 11.0 Å². The molecule has 1 aromatic heterocycles. The van der Waals surface area contributed by atoms with Crippen molar-refractivity contribution < 1.29 is 23.1 Å². The number of likely N-dealkylation sites (N-methyl/N-ethyl adjacent to an activating group) is 1. The molecule has 0 saturated carbocycles. The van der Waals surface area contributed by atoms with Crippen LogP contribution in [0.15, 0.2) is 12.1 Å². The molecule has 5 nitrogen and oxygen atoms in total. The summed E-state index contributed by atoms with van der Waals surface area (Å²) >= 11 is 0. The van der Waals surface area contributed by atoms with Crippen LogP contribution in [0.25, 0.3) is 0 Å². The van der Waals surface area contributed by atoms with Gasteiger partial charge in [0, 0.05) is 7.05 Å². The zero-order chi connectivity index (χ0) is 13.2. The second kappa shape index (κ2) is 4.56. The van der Waals surface area contributed by atoms with Crippen molar-refractivity contribution in [3.05, 3.63) is 17.8 Å². The third-order valence-electron chi connectivity index (χ3n) is 2.24. The smallest absolute Gasteiger partial charge is 0.435 e. The van der Waals surface area contributed by atoms with Crippen molar-refractivity contribution in [1.82, 2.24) is 10.2 Å². The van der Waals surface area contributed by atoms with E-state index in [1.807, 2.05) is 0 Å². The summed E-state index contributed by atoms with van der Waals surface area (Å²) < 4.78 is 36.6. The Bertz CT molecular complexity index is 405. The minimum Gasteiger partial charge on any atom is -0.480 e. The number of carbonyl (C=O) groups is 1. The van der Waals surface area contributed by atoms with Crippen molar-refractivity contribution in [2.24, 2.45) is 0 Å². The molecule has 0 aliphatic rings. The summed E-state index contributed by atoms with van der Waals surface area (Å²) in [6.07, 6.45) is -4.55. The Kier molecular flexibility index (Phi) is 3.54. The molecular weight excluding hydrogens is 239 g/mol. The van der Waals surface area contributed by atoms with E-state index in [0.717, 1.165) is 12.1 Å². The molecule has 1 atom stereocenters. The molecule has 1 aromatic rings. The van der Waals surface area contributed by atoms with Gasteiger partial charge in [0.25, 0.3) is 0 Å². The first-order chi connectivity index (χ1) is 7.73. The average molecular weight is 249 g/mol. The first-order valence-electron chi connectivity index (χ1n) is 4.60. The summed E-state index contributed by atoms with van der Waals surface area (Å²) in [5.41, 5.74) is -1.11. The van der Waals surface area contributed by atoms with Crippen LogP contribution in [-0.4, -0.2) is 34.4 Å². The highest BCUT2D eigenvalue weighted by molar-refractivity contribution is 5.76. The molecule has 1 unspecified atom stereocenters. The van der Waals surface area contributed by atoms with Crippen LogP contribution in [0, 0.1) is 0 Å². The Morgan fingerprint density at radius 3 is 2.35 bits per heavy atom. The predicted octanol–water partition coefficient (Wildman–Crippen LogP) is 1.40. The number of aromatic nitrogens is 2. The summed E-state index contributed by atoms with van der Waals surface area (Å²) in [5, 5.41) is 15.1. The fourth-order valence-electron chi connectivity index (χ4n) is 1.03. The third kappa shape index (κ3) is 3.05. The van der Waals surface area contributed by atoms with Crippen LogP contribution in [0.2, 0.25) is 0 Å². The standard InChI is InChI=1S/C9H10F3N3O2/c1-5(8(16)17)15(2)7-4-3-6(13-14-7)9(10,11)12/h3-5H,1-2H3,(H,16,17). The van der Waals surface area contributed by atoms with E-state index in [2.05, 4.69) is 10.2 Å². The van der Waals surface area contributed by atoms with Gasteiger partial charge in [0.2, 0.25) is 0 Å². The number of hydrogen-bond acceptors (Lipinski definition) is 4. The van der Waals surface area contributed by atoms with Crippen LogP contribution in [0.1, 0.15) is 12.6 Å². The van der Waals surface area contributed by atoms with E-state index in [-0.39, 0.29) is 5.82 Å². The van der Waals surface area contributed by atoms with Crippen molar-refractivity contribution in [2.45, 2.75) is 19.1 Å². The maximum absolute atomic E-state index is 12.2. The molecule has 17 heavy (non-hydrogen) atoms. The van der Waals surface area contributed by atoms with Crippen molar-refractivity contribution in [2.75, 3.05) is 11.9 Å². The molecule has 0 aliphatic carbocycles. The topological polar surface area (TPSA) is 66.3 Å². The Balaban J connectivity index is 2.92. The van der Waals surface area contributed by atoms with E-state index in [1.165, 1.54) is 18.9 Å². The zero-order valence-electron chi connectivity index (χ0n) is 9.06. The number of carboxylic acids is 1. The number of carboxylic acid groups (broad SMARTS) is 1. The minimum absolute atomic E-state index is 0.0629. The molecule has 0 fully saturated rings. The van der Waals surface area contributed by atoms with E-state index in [9.17, 15) is 18.0 Å². The van der Waals surface area contributed by atoms with Gasteiger partial charge in [-0.3, -0.25) is 0 Å². The Morgan fingerprint density at radius 1 is 1.41 bits per heavy atom. The highest BCUT2D eigenvalue weighted by Gasteiger charge is 2.33. The van der Waals surface area contributed by atoms with Gasteiger partial charge >= 0.3 is 12.1 Å². The average Bonchev–Trinajstić information content (AvgIpc) is 2.26. The molecule has 0 saturated heterocycles. The summed E-state index contributed by atoms with van der Waals surface area (Å²) in [6, 6.07) is 0.934. The first kappa shape index (κ1) is 13.2. The second-order valence-electron chi connectivity index (χ2n) is 3.40. The van der Waals surface area contributed by atoms with E-state index in [1.54, 1.807) is 0 Å². The number of anilines is 1. The Morgan fingerprint density at radius 2 is 2.00 bits per heavy atom. The molecule has 0 spiro atoms. The monoisotopic (exact) mass is 249 g/mol. The van der Waals surface area contributed by atoms with Crippen molar-refractivity contribution in [1.29, 1.82) is 0 Å². The zero-order valence-corrected chi connectivity index (χ0v) is 9.06. The molecule has 0 amide bonds. The molecule has 1 N–H and O–H groups in total. The fraction of sp³-hybridized carbons (Fsp3) is 0.444. The van der Waals surface area contributed by atoms with Gasteiger partial charge in [-0.05, 0) is 19.1 Å². The molecule has 0 radical (unpaired) electrons. The lowest BCUT2D eigenvalue weighted by atomic mass is 10.3. The summed E-state index contributed by atoms with van der Waals surface area (Å²) in [7, 11) is 1.41. The molecule has 0 aliphatic heterocycles. The molecule has 1 rings (SSSR count). The van der Waals surface area contributed by atoms with Gasteiger partial charge in [-0.2, -0.15) is 13.2 Å². The van der Waals surface area contributed by atoms with Gasteiger partial charge in [0.1, 0.15) is 6.04 Å². The number of hydrogen-bond donors (Lipinski definition) is 1. The number of rotatable bonds is 3. The van der Waals surface area contributed by atoms with Gasteiger partial charge in [0.15, 0.2) is 11.5 Å². The highest BCUT2D eigenvalue weighted by atomic mass is 19.4. The lowest BCUT2D eigenvalue weighted by Crippen LogP contribution is -2.36. The van der Waals surface area contributed by atoms with Gasteiger partial charge in [0.05, 0.1) is 0 Å². The molecule has 8 heteroatoms. The van der Waals surface area contributed by atoms with Gasteiger partial charge in [-0.15, -0.1) is 10.2 Å². The van der Waals surface area contributed by atoms with Gasteiger partial charge in [-0.1, -0.05) is 0 Å². The van der Waals surface area contributed by atoms with E-state index in [0.29, 0.717) is 0 Å². The lowest BCUT2D eigenvalue weighted by Gasteiger charge is -2.21. The molecule has 94 valence electrons. The van der Waals surface area contributed by atoms with Gasteiger partial charge in [-0.25, -0.2) is 4.79 Å². The number of nitrogens with zero attached hydrogens (tertiary/aromatic N) is 3. The highest BCUT2D eigenvalue weighted by Crippen LogP contribution is 2.27. The maximum Gasteiger partial charge on any atom is 0.435 e. The van der Waals surface area contributed by atoms with Crippen molar-refractivity contribution in [3.63, 3.8) is 0 Å². The van der Waals surface area contributed by atoms with Crippen LogP contribution < -0.4 is 4.90 Å². The van der Waals surface area contributed by atoms with Crippen molar-refractivity contribution in [3.8, 4) is 0 Å². The minimum atomic E-state index is -4.55. The quantitative estimate of drug-likeness (QED) is 0.877. The predicted molar refractivity (Wildman–Crippen MR) is 52.5 cm³/mol. The maximum atomic E-state index is 12.2. The first-order valence-corrected chi connectivity index (χ1v) is 4.60. The van der Waals surface area contributed by atoms with E-state index >= 15 is 0 Å².